The summed E-state index contributed by atoms with van der Waals surface area (Å²) in [4.78, 5) is 0. The lowest BCUT2D eigenvalue weighted by atomic mass is 9.95. The molecule has 0 saturated carbocycles. The normalized spacial score (nSPS) is 19.4. The van der Waals surface area contributed by atoms with Crippen molar-refractivity contribution in [1.29, 1.82) is 0 Å². The third kappa shape index (κ3) is 3.58. The van der Waals surface area contributed by atoms with Crippen molar-refractivity contribution in [3.05, 3.63) is 23.0 Å². The number of hydrogen-bond acceptors (Lipinski definition) is 3. The highest BCUT2D eigenvalue weighted by molar-refractivity contribution is 7.88. The van der Waals surface area contributed by atoms with E-state index in [0.717, 1.165) is 43.5 Å². The Kier molecular flexibility index (Phi) is 4.32. The number of aliphatic hydroxyl groups excluding tert-OH is 1. The molecule has 2 N–H and O–H groups in total. The van der Waals surface area contributed by atoms with Crippen molar-refractivity contribution in [2.24, 2.45) is 0 Å². The lowest BCUT2D eigenvalue weighted by molar-refractivity contribution is 0.155. The van der Waals surface area contributed by atoms with Crippen molar-refractivity contribution in [2.75, 3.05) is 12.8 Å². The number of sulfonamides is 1. The first-order valence-electron chi connectivity index (χ1n) is 6.70. The van der Waals surface area contributed by atoms with Crippen molar-refractivity contribution in [2.45, 2.75) is 45.3 Å². The van der Waals surface area contributed by atoms with E-state index in [-0.39, 0.29) is 6.10 Å². The maximum absolute atomic E-state index is 11.0. The first-order chi connectivity index (χ1) is 8.88. The Morgan fingerprint density at radius 3 is 2.95 bits per heavy atom. The number of fused-ring (bicyclic) bond motifs is 1. The Labute approximate surface area is 114 Å². The largest absolute Gasteiger partial charge is 0.388 e. The van der Waals surface area contributed by atoms with Gasteiger partial charge in [0.25, 0.3) is 0 Å². The van der Waals surface area contributed by atoms with E-state index >= 15 is 0 Å². The summed E-state index contributed by atoms with van der Waals surface area (Å²) in [6, 6.07) is 2.06. The Bertz CT molecular complexity index is 548. The Morgan fingerprint density at radius 2 is 2.26 bits per heavy atom. The summed E-state index contributed by atoms with van der Waals surface area (Å²) in [6.45, 7) is 3.28. The van der Waals surface area contributed by atoms with E-state index in [1.807, 2.05) is 6.92 Å². The maximum atomic E-state index is 11.0. The van der Waals surface area contributed by atoms with E-state index < -0.39 is 10.0 Å². The smallest absolute Gasteiger partial charge is 0.208 e. The summed E-state index contributed by atoms with van der Waals surface area (Å²) in [6.07, 6.45) is 4.44. The second-order valence-corrected chi connectivity index (χ2v) is 7.10. The van der Waals surface area contributed by atoms with Crippen LogP contribution in [0.15, 0.2) is 6.07 Å². The molecule has 5 nitrogen and oxygen atoms in total. The fourth-order valence-corrected chi connectivity index (χ4v) is 3.26. The fraction of sp³-hybridized carbons (Fsp3) is 0.692. The minimum Gasteiger partial charge on any atom is -0.388 e. The van der Waals surface area contributed by atoms with Gasteiger partial charge in [0.1, 0.15) is 0 Å². The number of nitrogens with one attached hydrogen (secondary N) is 1. The molecule has 1 heterocycles. The van der Waals surface area contributed by atoms with Crippen molar-refractivity contribution >= 4 is 10.0 Å². The molecule has 0 radical (unpaired) electrons. The standard InChI is InChI=1S/C13H22N2O3S/c1-10-9-11-12(5-3-6-13(11)16)15(10)8-4-7-14-19(2,17)18/h9,13-14,16H,3-8H2,1-2H3. The van der Waals surface area contributed by atoms with Gasteiger partial charge in [0.05, 0.1) is 12.4 Å². The minimum atomic E-state index is -3.10. The van der Waals surface area contributed by atoms with E-state index in [0.29, 0.717) is 6.54 Å². The number of hydrogen-bond donors (Lipinski definition) is 2. The molecule has 0 spiro atoms. The van der Waals surface area contributed by atoms with Crippen LogP contribution in [0.3, 0.4) is 0 Å². The highest BCUT2D eigenvalue weighted by Crippen LogP contribution is 2.32. The first kappa shape index (κ1) is 14.6. The molecule has 2 rings (SSSR count). The van der Waals surface area contributed by atoms with Crippen LogP contribution in [0.2, 0.25) is 0 Å². The molecule has 1 atom stereocenters. The van der Waals surface area contributed by atoms with Gasteiger partial charge in [-0.15, -0.1) is 0 Å². The predicted octanol–water partition coefficient (Wildman–Crippen LogP) is 1.11. The average Bonchev–Trinajstić information content (AvgIpc) is 2.62. The number of aromatic nitrogens is 1. The second-order valence-electron chi connectivity index (χ2n) is 5.27. The zero-order chi connectivity index (χ0) is 14.0. The van der Waals surface area contributed by atoms with Gasteiger partial charge in [0.15, 0.2) is 0 Å². The molecule has 1 aromatic heterocycles. The molecule has 6 heteroatoms. The van der Waals surface area contributed by atoms with Crippen molar-refractivity contribution in [1.82, 2.24) is 9.29 Å². The first-order valence-corrected chi connectivity index (χ1v) is 8.59. The summed E-state index contributed by atoms with van der Waals surface area (Å²) in [7, 11) is -3.10. The number of aliphatic hydroxyl groups is 1. The molecule has 0 bridgehead atoms. The average molecular weight is 286 g/mol. The van der Waals surface area contributed by atoms with E-state index in [1.54, 1.807) is 0 Å². The Hall–Kier alpha value is -0.850. The molecule has 108 valence electrons. The van der Waals surface area contributed by atoms with Crippen molar-refractivity contribution in [3.8, 4) is 0 Å². The Balaban J connectivity index is 2.01. The molecule has 0 amide bonds. The number of rotatable bonds is 5. The molecule has 1 aliphatic carbocycles. The summed E-state index contributed by atoms with van der Waals surface area (Å²) in [5, 5.41) is 9.97. The van der Waals surface area contributed by atoms with Crippen LogP contribution in [0, 0.1) is 6.92 Å². The molecule has 19 heavy (non-hydrogen) atoms. The SMILES string of the molecule is Cc1cc2c(n1CCCNS(C)(=O)=O)CCCC2O. The molecule has 1 aromatic rings. The van der Waals surface area contributed by atoms with Gasteiger partial charge < -0.3 is 9.67 Å². The highest BCUT2D eigenvalue weighted by Gasteiger charge is 2.22. The third-order valence-corrected chi connectivity index (χ3v) is 4.35. The van der Waals surface area contributed by atoms with Crippen molar-refractivity contribution in [3.63, 3.8) is 0 Å². The molecule has 0 saturated heterocycles. The predicted molar refractivity (Wildman–Crippen MR) is 74.5 cm³/mol. The molecular weight excluding hydrogens is 264 g/mol. The summed E-state index contributed by atoms with van der Waals surface area (Å²) in [5.74, 6) is 0. The monoisotopic (exact) mass is 286 g/mol. The van der Waals surface area contributed by atoms with Crippen LogP contribution in [0.25, 0.3) is 0 Å². The van der Waals surface area contributed by atoms with Gasteiger partial charge >= 0.3 is 0 Å². The van der Waals surface area contributed by atoms with Crippen LogP contribution < -0.4 is 4.72 Å². The van der Waals surface area contributed by atoms with E-state index in [1.165, 1.54) is 11.9 Å². The van der Waals surface area contributed by atoms with Crippen LogP contribution >= 0.6 is 0 Å². The third-order valence-electron chi connectivity index (χ3n) is 3.62. The van der Waals surface area contributed by atoms with Crippen LogP contribution in [-0.4, -0.2) is 30.9 Å². The quantitative estimate of drug-likeness (QED) is 0.796. The fourth-order valence-electron chi connectivity index (χ4n) is 2.75. The topological polar surface area (TPSA) is 71.3 Å². The molecule has 0 fully saturated rings. The summed E-state index contributed by atoms with van der Waals surface area (Å²) < 4.78 is 26.7. The zero-order valence-corrected chi connectivity index (χ0v) is 12.3. The van der Waals surface area contributed by atoms with E-state index in [2.05, 4.69) is 15.4 Å². The lowest BCUT2D eigenvalue weighted by Gasteiger charge is -2.20. The zero-order valence-electron chi connectivity index (χ0n) is 11.5. The summed E-state index contributed by atoms with van der Waals surface area (Å²) in [5.41, 5.74) is 3.42. The van der Waals surface area contributed by atoms with Crippen molar-refractivity contribution < 1.29 is 13.5 Å². The van der Waals surface area contributed by atoms with Crippen LogP contribution in [0.5, 0.6) is 0 Å². The van der Waals surface area contributed by atoms with E-state index in [9.17, 15) is 13.5 Å². The van der Waals surface area contributed by atoms with Gasteiger partial charge in [-0.05, 0) is 38.7 Å². The molecule has 0 aliphatic heterocycles. The second kappa shape index (κ2) is 5.64. The van der Waals surface area contributed by atoms with Gasteiger partial charge in [0.2, 0.25) is 10.0 Å². The number of nitrogens with zero attached hydrogens (tertiary/aromatic N) is 1. The lowest BCUT2D eigenvalue weighted by Crippen LogP contribution is -2.24. The van der Waals surface area contributed by atoms with Gasteiger partial charge in [-0.2, -0.15) is 0 Å². The van der Waals surface area contributed by atoms with Crippen LogP contribution in [-0.2, 0) is 23.0 Å². The minimum absolute atomic E-state index is 0.335. The molecular formula is C13H22N2O3S. The molecule has 1 unspecified atom stereocenters. The van der Waals surface area contributed by atoms with Crippen LogP contribution in [0.4, 0.5) is 0 Å². The van der Waals surface area contributed by atoms with Gasteiger partial charge in [0, 0.05) is 30.0 Å². The number of aryl methyl sites for hydroxylation is 1. The van der Waals surface area contributed by atoms with Gasteiger partial charge in [-0.3, -0.25) is 0 Å². The van der Waals surface area contributed by atoms with Crippen LogP contribution in [0.1, 0.15) is 42.3 Å². The highest BCUT2D eigenvalue weighted by atomic mass is 32.2. The summed E-state index contributed by atoms with van der Waals surface area (Å²) >= 11 is 0. The maximum Gasteiger partial charge on any atom is 0.208 e. The van der Waals surface area contributed by atoms with Gasteiger partial charge in [-0.25, -0.2) is 13.1 Å². The molecule has 1 aliphatic rings. The molecule has 0 aromatic carbocycles. The van der Waals surface area contributed by atoms with Gasteiger partial charge in [-0.1, -0.05) is 0 Å². The Morgan fingerprint density at radius 1 is 1.53 bits per heavy atom. The van der Waals surface area contributed by atoms with E-state index in [4.69, 9.17) is 0 Å².